The zero-order valence-electron chi connectivity index (χ0n) is 10.7. The molecule has 0 unspecified atom stereocenters. The van der Waals surface area contributed by atoms with Crippen LogP contribution in [0.4, 0.5) is 0 Å². The molecule has 1 heterocycles. The van der Waals surface area contributed by atoms with E-state index >= 15 is 0 Å². The molecule has 0 bridgehead atoms. The molecule has 0 amide bonds. The van der Waals surface area contributed by atoms with Crippen molar-refractivity contribution in [3.63, 3.8) is 0 Å². The lowest BCUT2D eigenvalue weighted by molar-refractivity contribution is -0.143. The van der Waals surface area contributed by atoms with Crippen molar-refractivity contribution >= 4 is 16.0 Å². The predicted octanol–water partition coefficient (Wildman–Crippen LogP) is 1.10. The van der Waals surface area contributed by atoms with Crippen LogP contribution in [0.2, 0.25) is 0 Å². The number of nitrogens with zero attached hydrogens (tertiary/aromatic N) is 1. The van der Waals surface area contributed by atoms with Gasteiger partial charge in [-0.25, -0.2) is 13.2 Å². The van der Waals surface area contributed by atoms with Crippen LogP contribution >= 0.6 is 0 Å². The number of aryl methyl sites for hydroxylation is 1. The standard InChI is InChI=1S/C13H15NO4S/c1-10-5-7-11(8-6-10)19(16,17)14-9-3-4-12(14)13(15)18-2/h3-8,12H,9H2,1-2H3/t12-/m0/s1. The molecular formula is C13H15NO4S. The van der Waals surface area contributed by atoms with Crippen LogP contribution in [0.5, 0.6) is 0 Å². The molecule has 1 aliphatic heterocycles. The number of carbonyl (C=O) groups excluding carboxylic acids is 1. The average molecular weight is 281 g/mol. The summed E-state index contributed by atoms with van der Waals surface area (Å²) in [6.45, 7) is 2.06. The van der Waals surface area contributed by atoms with Gasteiger partial charge in [-0.2, -0.15) is 4.31 Å². The summed E-state index contributed by atoms with van der Waals surface area (Å²) in [5.41, 5.74) is 0.975. The van der Waals surface area contributed by atoms with Crippen LogP contribution in [-0.4, -0.2) is 38.4 Å². The van der Waals surface area contributed by atoms with Gasteiger partial charge in [0.25, 0.3) is 0 Å². The van der Waals surface area contributed by atoms with Crippen molar-refractivity contribution in [1.29, 1.82) is 0 Å². The number of carbonyl (C=O) groups is 1. The fourth-order valence-electron chi connectivity index (χ4n) is 1.91. The van der Waals surface area contributed by atoms with Crippen LogP contribution in [0.1, 0.15) is 5.56 Å². The molecule has 1 aromatic rings. The first-order chi connectivity index (χ1) is 8.96. The highest BCUT2D eigenvalue weighted by atomic mass is 32.2. The molecule has 0 aliphatic carbocycles. The molecule has 0 spiro atoms. The Bertz CT molecular complexity index is 604. The Balaban J connectivity index is 2.35. The summed E-state index contributed by atoms with van der Waals surface area (Å²) < 4.78 is 30.7. The molecule has 0 saturated heterocycles. The Labute approximate surface area is 112 Å². The van der Waals surface area contributed by atoms with E-state index in [1.54, 1.807) is 18.2 Å². The van der Waals surface area contributed by atoms with Gasteiger partial charge in [0.2, 0.25) is 10.0 Å². The topological polar surface area (TPSA) is 63.7 Å². The van der Waals surface area contributed by atoms with E-state index in [9.17, 15) is 13.2 Å². The minimum Gasteiger partial charge on any atom is -0.468 e. The second kappa shape index (κ2) is 5.14. The molecule has 1 atom stereocenters. The maximum absolute atomic E-state index is 12.5. The fourth-order valence-corrected chi connectivity index (χ4v) is 3.40. The first-order valence-corrected chi connectivity index (χ1v) is 7.24. The molecule has 0 fully saturated rings. The van der Waals surface area contributed by atoms with E-state index in [-0.39, 0.29) is 11.4 Å². The van der Waals surface area contributed by atoms with E-state index in [1.807, 2.05) is 6.92 Å². The number of benzene rings is 1. The van der Waals surface area contributed by atoms with E-state index < -0.39 is 22.0 Å². The third kappa shape index (κ3) is 2.54. The minimum absolute atomic E-state index is 0.177. The van der Waals surface area contributed by atoms with Gasteiger partial charge in [-0.1, -0.05) is 29.8 Å². The highest BCUT2D eigenvalue weighted by Crippen LogP contribution is 2.23. The second-order valence-electron chi connectivity index (χ2n) is 4.28. The van der Waals surface area contributed by atoms with Crippen molar-refractivity contribution in [3.05, 3.63) is 42.0 Å². The Kier molecular flexibility index (Phi) is 3.73. The third-order valence-electron chi connectivity index (χ3n) is 2.98. The van der Waals surface area contributed by atoms with Gasteiger partial charge in [-0.15, -0.1) is 0 Å². The van der Waals surface area contributed by atoms with Crippen LogP contribution in [0.3, 0.4) is 0 Å². The number of sulfonamides is 1. The smallest absolute Gasteiger partial charge is 0.328 e. The van der Waals surface area contributed by atoms with E-state index in [4.69, 9.17) is 0 Å². The fraction of sp³-hybridized carbons (Fsp3) is 0.308. The molecule has 5 nitrogen and oxygen atoms in total. The molecule has 1 aromatic carbocycles. The summed E-state index contributed by atoms with van der Waals surface area (Å²) >= 11 is 0. The maximum Gasteiger partial charge on any atom is 0.328 e. The zero-order chi connectivity index (χ0) is 14.0. The quantitative estimate of drug-likeness (QED) is 0.615. The number of hydrogen-bond acceptors (Lipinski definition) is 4. The highest BCUT2D eigenvalue weighted by molar-refractivity contribution is 7.89. The average Bonchev–Trinajstić information content (AvgIpc) is 2.88. The first-order valence-electron chi connectivity index (χ1n) is 5.80. The summed E-state index contributed by atoms with van der Waals surface area (Å²) in [5.74, 6) is -0.579. The van der Waals surface area contributed by atoms with Crippen LogP contribution in [0.25, 0.3) is 0 Å². The lowest BCUT2D eigenvalue weighted by Crippen LogP contribution is -2.41. The van der Waals surface area contributed by atoms with E-state index in [0.717, 1.165) is 9.87 Å². The molecule has 0 saturated carbocycles. The summed E-state index contributed by atoms with van der Waals surface area (Å²) in [6.07, 6.45) is 3.19. The van der Waals surface area contributed by atoms with Gasteiger partial charge in [0.05, 0.1) is 12.0 Å². The van der Waals surface area contributed by atoms with Gasteiger partial charge in [0.15, 0.2) is 0 Å². The van der Waals surface area contributed by atoms with Gasteiger partial charge < -0.3 is 4.74 Å². The Morgan fingerprint density at radius 1 is 1.32 bits per heavy atom. The molecule has 19 heavy (non-hydrogen) atoms. The largest absolute Gasteiger partial charge is 0.468 e. The van der Waals surface area contributed by atoms with Gasteiger partial charge in [0, 0.05) is 6.54 Å². The predicted molar refractivity (Wildman–Crippen MR) is 70.0 cm³/mol. The highest BCUT2D eigenvalue weighted by Gasteiger charge is 2.37. The summed E-state index contributed by atoms with van der Waals surface area (Å²) in [4.78, 5) is 11.8. The SMILES string of the molecule is COC(=O)[C@@H]1C=CCN1S(=O)(=O)c1ccc(C)cc1. The van der Waals surface area contributed by atoms with Crippen molar-refractivity contribution < 1.29 is 17.9 Å². The van der Waals surface area contributed by atoms with Gasteiger partial charge in [-0.3, -0.25) is 0 Å². The van der Waals surface area contributed by atoms with Crippen molar-refractivity contribution in [2.45, 2.75) is 17.9 Å². The molecule has 0 N–H and O–H groups in total. The molecule has 6 heteroatoms. The number of rotatable bonds is 3. The van der Waals surface area contributed by atoms with Crippen molar-refractivity contribution in [3.8, 4) is 0 Å². The molecule has 2 rings (SSSR count). The Morgan fingerprint density at radius 2 is 1.95 bits per heavy atom. The third-order valence-corrected chi connectivity index (χ3v) is 4.85. The monoisotopic (exact) mass is 281 g/mol. The van der Waals surface area contributed by atoms with Gasteiger partial charge >= 0.3 is 5.97 Å². The lowest BCUT2D eigenvalue weighted by Gasteiger charge is -2.22. The van der Waals surface area contributed by atoms with Crippen LogP contribution in [0.15, 0.2) is 41.3 Å². The number of methoxy groups -OCH3 is 1. The van der Waals surface area contributed by atoms with Gasteiger partial charge in [0.1, 0.15) is 6.04 Å². The molecule has 0 radical (unpaired) electrons. The molecular weight excluding hydrogens is 266 g/mol. The van der Waals surface area contributed by atoms with E-state index in [0.29, 0.717) is 0 Å². The maximum atomic E-state index is 12.5. The normalized spacial score (nSPS) is 19.6. The van der Waals surface area contributed by atoms with Crippen molar-refractivity contribution in [1.82, 2.24) is 4.31 Å². The van der Waals surface area contributed by atoms with Crippen molar-refractivity contribution in [2.75, 3.05) is 13.7 Å². The van der Waals surface area contributed by atoms with Gasteiger partial charge in [-0.05, 0) is 19.1 Å². The second-order valence-corrected chi connectivity index (χ2v) is 6.17. The number of ether oxygens (including phenoxy) is 1. The van der Waals surface area contributed by atoms with Crippen molar-refractivity contribution in [2.24, 2.45) is 0 Å². The summed E-state index contributed by atoms with van der Waals surface area (Å²) in [7, 11) is -2.45. The van der Waals surface area contributed by atoms with Crippen LogP contribution in [-0.2, 0) is 19.6 Å². The molecule has 102 valence electrons. The Morgan fingerprint density at radius 3 is 2.53 bits per heavy atom. The molecule has 1 aliphatic rings. The lowest BCUT2D eigenvalue weighted by atomic mass is 10.2. The van der Waals surface area contributed by atoms with E-state index in [2.05, 4.69) is 4.74 Å². The first kappa shape index (κ1) is 13.8. The summed E-state index contributed by atoms with van der Waals surface area (Å²) in [6, 6.07) is 5.65. The molecule has 0 aromatic heterocycles. The van der Waals surface area contributed by atoms with Crippen LogP contribution < -0.4 is 0 Å². The Hall–Kier alpha value is -1.66. The van der Waals surface area contributed by atoms with E-state index in [1.165, 1.54) is 25.3 Å². The number of hydrogen-bond donors (Lipinski definition) is 0. The number of esters is 1. The zero-order valence-corrected chi connectivity index (χ0v) is 11.6. The minimum atomic E-state index is -3.69. The summed E-state index contributed by atoms with van der Waals surface area (Å²) in [5, 5.41) is 0. The van der Waals surface area contributed by atoms with Crippen LogP contribution in [0, 0.1) is 6.92 Å².